The van der Waals surface area contributed by atoms with Gasteiger partial charge in [-0.1, -0.05) is 19.1 Å². The standard InChI is InChI=1S/C23H25F3N4O2/c1-15-6-18(30-29-10-15)9-22(13-32-14-22)16-4-3-5-17(7-16)27-12-21-20(23(24,25)26)8-19(31-2)11-28-21/h3-5,7-8,10-11,15,27H,6,9,12-14H2,1-2H3. The highest BCUT2D eigenvalue weighted by molar-refractivity contribution is 5.90. The first kappa shape index (κ1) is 22.3. The lowest BCUT2D eigenvalue weighted by Crippen LogP contribution is -2.48. The van der Waals surface area contributed by atoms with Gasteiger partial charge < -0.3 is 14.8 Å². The molecule has 1 saturated heterocycles. The molecule has 2 aliphatic rings. The van der Waals surface area contributed by atoms with Crippen molar-refractivity contribution in [2.24, 2.45) is 16.1 Å². The van der Waals surface area contributed by atoms with E-state index in [9.17, 15) is 13.2 Å². The molecule has 2 aliphatic heterocycles. The predicted molar refractivity (Wildman–Crippen MR) is 116 cm³/mol. The van der Waals surface area contributed by atoms with E-state index in [-0.39, 0.29) is 23.4 Å². The van der Waals surface area contributed by atoms with Gasteiger partial charge in [-0.25, -0.2) is 0 Å². The minimum atomic E-state index is -4.52. The van der Waals surface area contributed by atoms with Crippen LogP contribution in [0.1, 0.15) is 36.6 Å². The zero-order valence-corrected chi connectivity index (χ0v) is 17.9. The van der Waals surface area contributed by atoms with Crippen LogP contribution in [0, 0.1) is 5.92 Å². The number of halogens is 3. The van der Waals surface area contributed by atoms with Gasteiger partial charge in [0.1, 0.15) is 5.75 Å². The average molecular weight is 446 g/mol. The minimum Gasteiger partial charge on any atom is -0.495 e. The molecule has 1 N–H and O–H groups in total. The lowest BCUT2D eigenvalue weighted by atomic mass is 9.73. The maximum atomic E-state index is 13.5. The second-order valence-corrected chi connectivity index (χ2v) is 8.36. The van der Waals surface area contributed by atoms with Crippen LogP contribution in [0.3, 0.4) is 0 Å². The van der Waals surface area contributed by atoms with E-state index in [2.05, 4.69) is 27.4 Å². The molecular weight excluding hydrogens is 421 g/mol. The van der Waals surface area contributed by atoms with Crippen molar-refractivity contribution in [1.82, 2.24) is 4.98 Å². The van der Waals surface area contributed by atoms with Crippen LogP contribution in [0.25, 0.3) is 0 Å². The van der Waals surface area contributed by atoms with Crippen LogP contribution < -0.4 is 10.1 Å². The van der Waals surface area contributed by atoms with Gasteiger partial charge in [-0.15, -0.1) is 0 Å². The molecule has 3 heterocycles. The molecule has 32 heavy (non-hydrogen) atoms. The number of pyridine rings is 1. The Labute approximate surface area is 184 Å². The largest absolute Gasteiger partial charge is 0.495 e. The fraction of sp³-hybridized carbons (Fsp3) is 0.435. The summed E-state index contributed by atoms with van der Waals surface area (Å²) in [6.45, 7) is 3.19. The van der Waals surface area contributed by atoms with Crippen molar-refractivity contribution in [2.75, 3.05) is 25.6 Å². The van der Waals surface area contributed by atoms with Crippen molar-refractivity contribution >= 4 is 17.6 Å². The summed E-state index contributed by atoms with van der Waals surface area (Å²) in [4.78, 5) is 3.96. The molecule has 1 aromatic heterocycles. The quantitative estimate of drug-likeness (QED) is 0.661. The maximum absolute atomic E-state index is 13.5. The SMILES string of the molecule is COc1cnc(CNc2cccc(C3(CC4=NN=CC(C)C4)COC3)c2)c(C(F)(F)F)c1. The van der Waals surface area contributed by atoms with Crippen LogP contribution in [0.5, 0.6) is 5.75 Å². The first-order valence-electron chi connectivity index (χ1n) is 10.4. The van der Waals surface area contributed by atoms with Crippen molar-refractivity contribution in [3.8, 4) is 5.75 Å². The molecule has 1 fully saturated rings. The molecule has 2 aromatic rings. The second-order valence-electron chi connectivity index (χ2n) is 8.36. The van der Waals surface area contributed by atoms with Crippen molar-refractivity contribution < 1.29 is 22.6 Å². The smallest absolute Gasteiger partial charge is 0.418 e. The Hall–Kier alpha value is -2.94. The monoisotopic (exact) mass is 446 g/mol. The van der Waals surface area contributed by atoms with Crippen molar-refractivity contribution in [3.63, 3.8) is 0 Å². The van der Waals surface area contributed by atoms with Crippen LogP contribution in [-0.2, 0) is 22.9 Å². The summed E-state index contributed by atoms with van der Waals surface area (Å²) in [6.07, 6.45) is 0.231. The Kier molecular flexibility index (Phi) is 6.19. The molecular formula is C23H25F3N4O2. The van der Waals surface area contributed by atoms with Crippen LogP contribution in [-0.4, -0.2) is 37.2 Å². The average Bonchev–Trinajstić information content (AvgIpc) is 2.74. The predicted octanol–water partition coefficient (Wildman–Crippen LogP) is 4.85. The fourth-order valence-electron chi connectivity index (χ4n) is 4.03. The van der Waals surface area contributed by atoms with Gasteiger partial charge in [0.25, 0.3) is 0 Å². The Morgan fingerprint density at radius 1 is 1.25 bits per heavy atom. The highest BCUT2D eigenvalue weighted by Gasteiger charge is 2.42. The number of methoxy groups -OCH3 is 1. The molecule has 0 amide bonds. The number of hydrogen-bond donors (Lipinski definition) is 1. The van der Waals surface area contributed by atoms with E-state index < -0.39 is 11.7 Å². The number of nitrogens with zero attached hydrogens (tertiary/aromatic N) is 3. The van der Waals surface area contributed by atoms with Gasteiger partial charge in [0.15, 0.2) is 0 Å². The first-order chi connectivity index (χ1) is 15.3. The zero-order valence-electron chi connectivity index (χ0n) is 17.9. The summed E-state index contributed by atoms with van der Waals surface area (Å²) < 4.78 is 50.8. The van der Waals surface area contributed by atoms with Crippen molar-refractivity contribution in [3.05, 3.63) is 53.3 Å². The maximum Gasteiger partial charge on any atom is 0.418 e. The van der Waals surface area contributed by atoms with Gasteiger partial charge in [0.2, 0.25) is 0 Å². The molecule has 6 nitrogen and oxygen atoms in total. The van der Waals surface area contributed by atoms with Crippen LogP contribution in [0.2, 0.25) is 0 Å². The number of anilines is 1. The lowest BCUT2D eigenvalue weighted by Gasteiger charge is -2.42. The van der Waals surface area contributed by atoms with E-state index in [1.807, 2.05) is 30.5 Å². The number of rotatable bonds is 7. The summed E-state index contributed by atoms with van der Waals surface area (Å²) in [5.74, 6) is 0.424. The molecule has 0 spiro atoms. The normalized spacial score (nSPS) is 19.8. The zero-order chi connectivity index (χ0) is 22.8. The Morgan fingerprint density at radius 3 is 2.72 bits per heavy atom. The van der Waals surface area contributed by atoms with Gasteiger partial charge in [-0.05, 0) is 36.1 Å². The van der Waals surface area contributed by atoms with E-state index in [4.69, 9.17) is 9.47 Å². The molecule has 1 atom stereocenters. The van der Waals surface area contributed by atoms with E-state index in [1.165, 1.54) is 13.3 Å². The summed E-state index contributed by atoms with van der Waals surface area (Å²) in [5, 5.41) is 11.5. The summed E-state index contributed by atoms with van der Waals surface area (Å²) in [6, 6.07) is 8.69. The third-order valence-electron chi connectivity index (χ3n) is 5.80. The van der Waals surface area contributed by atoms with E-state index in [1.54, 1.807) is 0 Å². The third kappa shape index (κ3) is 4.77. The number of ether oxygens (including phenoxy) is 2. The fourth-order valence-corrected chi connectivity index (χ4v) is 4.03. The summed E-state index contributed by atoms with van der Waals surface area (Å²) >= 11 is 0. The topological polar surface area (TPSA) is 68.1 Å². The number of nitrogens with one attached hydrogen (secondary N) is 1. The number of benzene rings is 1. The molecule has 9 heteroatoms. The van der Waals surface area contributed by atoms with E-state index in [0.29, 0.717) is 19.1 Å². The molecule has 170 valence electrons. The first-order valence-corrected chi connectivity index (χ1v) is 10.4. The van der Waals surface area contributed by atoms with Crippen molar-refractivity contribution in [1.29, 1.82) is 0 Å². The third-order valence-corrected chi connectivity index (χ3v) is 5.80. The van der Waals surface area contributed by atoms with Gasteiger partial charge >= 0.3 is 6.18 Å². The summed E-state index contributed by atoms with van der Waals surface area (Å²) in [5.41, 5.74) is 1.73. The highest BCUT2D eigenvalue weighted by Crippen LogP contribution is 2.39. The molecule has 0 aliphatic carbocycles. The van der Waals surface area contributed by atoms with Gasteiger partial charge in [-0.2, -0.15) is 23.4 Å². The van der Waals surface area contributed by atoms with Crippen molar-refractivity contribution in [2.45, 2.75) is 37.9 Å². The Morgan fingerprint density at radius 2 is 2.06 bits per heavy atom. The molecule has 0 saturated carbocycles. The number of hydrogen-bond acceptors (Lipinski definition) is 6. The molecule has 4 rings (SSSR count). The Balaban J connectivity index is 1.52. The lowest BCUT2D eigenvalue weighted by molar-refractivity contribution is -0.138. The number of alkyl halides is 3. The van der Waals surface area contributed by atoms with Crippen LogP contribution >= 0.6 is 0 Å². The van der Waals surface area contributed by atoms with E-state index in [0.717, 1.165) is 35.9 Å². The Bertz CT molecular complexity index is 1030. The molecule has 1 aromatic carbocycles. The van der Waals surface area contributed by atoms with Gasteiger partial charge in [0.05, 0.1) is 44.3 Å². The number of aromatic nitrogens is 1. The molecule has 1 unspecified atom stereocenters. The highest BCUT2D eigenvalue weighted by atomic mass is 19.4. The summed E-state index contributed by atoms with van der Waals surface area (Å²) in [7, 11) is 1.31. The van der Waals surface area contributed by atoms with Gasteiger partial charge in [0, 0.05) is 29.4 Å². The minimum absolute atomic E-state index is 0.0648. The molecule has 0 radical (unpaired) electrons. The van der Waals surface area contributed by atoms with E-state index >= 15 is 0 Å². The van der Waals surface area contributed by atoms with Crippen LogP contribution in [0.15, 0.2) is 46.7 Å². The molecule has 0 bridgehead atoms. The van der Waals surface area contributed by atoms with Crippen LogP contribution in [0.4, 0.5) is 18.9 Å². The second kappa shape index (κ2) is 8.90. The van der Waals surface area contributed by atoms with Gasteiger partial charge in [-0.3, -0.25) is 4.98 Å².